The number of anilines is 1. The molecule has 3 N–H and O–H groups in total. The maximum atomic E-state index is 12.0. The van der Waals surface area contributed by atoms with Crippen LogP contribution in [0, 0.1) is 6.92 Å². The summed E-state index contributed by atoms with van der Waals surface area (Å²) in [6.07, 6.45) is 0.709. The highest BCUT2D eigenvalue weighted by atomic mass is 35.5. The Morgan fingerprint density at radius 3 is 2.64 bits per heavy atom. The predicted octanol–water partition coefficient (Wildman–Crippen LogP) is 2.71. The van der Waals surface area contributed by atoms with Crippen LogP contribution in [0.25, 0.3) is 11.5 Å². The summed E-state index contributed by atoms with van der Waals surface area (Å²) >= 11 is 0. The molecule has 0 atom stereocenters. The first kappa shape index (κ1) is 18.1. The second kappa shape index (κ2) is 6.89. The third kappa shape index (κ3) is 4.05. The molecule has 22 heavy (non-hydrogen) atoms. The zero-order chi connectivity index (χ0) is 15.6. The second-order valence-corrected chi connectivity index (χ2v) is 5.57. The van der Waals surface area contributed by atoms with E-state index in [1.165, 1.54) is 0 Å². The molecule has 120 valence electrons. The van der Waals surface area contributed by atoms with Gasteiger partial charge in [0.2, 0.25) is 5.91 Å². The van der Waals surface area contributed by atoms with E-state index in [4.69, 9.17) is 10.3 Å². The minimum Gasteiger partial charge on any atom is -0.334 e. The van der Waals surface area contributed by atoms with Crippen LogP contribution in [-0.4, -0.2) is 21.6 Å². The van der Waals surface area contributed by atoms with E-state index in [-0.39, 0.29) is 18.3 Å². The number of carbonyl (C=O) groups excluding carboxylic acids is 1. The van der Waals surface area contributed by atoms with E-state index < -0.39 is 5.54 Å². The van der Waals surface area contributed by atoms with E-state index >= 15 is 0 Å². The number of hydrogen-bond donors (Lipinski definition) is 2. The molecule has 0 fully saturated rings. The molecule has 1 amide bonds. The Morgan fingerprint density at radius 1 is 1.41 bits per heavy atom. The van der Waals surface area contributed by atoms with Crippen molar-refractivity contribution in [3.05, 3.63) is 29.6 Å². The molecule has 0 aliphatic rings. The van der Waals surface area contributed by atoms with Crippen LogP contribution in [0.3, 0.4) is 0 Å². The number of benzene rings is 1. The van der Waals surface area contributed by atoms with Crippen LogP contribution in [0.15, 0.2) is 22.7 Å². The number of nitrogens with one attached hydrogen (secondary N) is 1. The number of aryl methyl sites for hydroxylation is 2. The number of nitrogens with two attached hydrogens (primary N) is 1. The van der Waals surface area contributed by atoms with Gasteiger partial charge in [-0.25, -0.2) is 0 Å². The van der Waals surface area contributed by atoms with E-state index in [0.717, 1.165) is 11.1 Å². The minimum atomic E-state index is -0.942. The maximum Gasteiger partial charge on any atom is 0.257 e. The van der Waals surface area contributed by atoms with E-state index in [0.29, 0.717) is 23.8 Å². The summed E-state index contributed by atoms with van der Waals surface area (Å²) in [6, 6.07) is 5.59. The van der Waals surface area contributed by atoms with Gasteiger partial charge >= 0.3 is 0 Å². The lowest BCUT2D eigenvalue weighted by atomic mass is 10.0. The summed E-state index contributed by atoms with van der Waals surface area (Å²) in [5.41, 5.74) is 7.24. The van der Waals surface area contributed by atoms with Crippen molar-refractivity contribution >= 4 is 24.0 Å². The fourth-order valence-corrected chi connectivity index (χ4v) is 1.69. The predicted molar refractivity (Wildman–Crippen MR) is 88.0 cm³/mol. The first-order valence-corrected chi connectivity index (χ1v) is 6.85. The Balaban J connectivity index is 0.00000242. The fourth-order valence-electron chi connectivity index (χ4n) is 1.69. The lowest BCUT2D eigenvalue weighted by molar-refractivity contribution is -0.120. The van der Waals surface area contributed by atoms with Crippen LogP contribution in [0.2, 0.25) is 0 Å². The van der Waals surface area contributed by atoms with Gasteiger partial charge in [-0.05, 0) is 38.5 Å². The van der Waals surface area contributed by atoms with Crippen molar-refractivity contribution in [1.82, 2.24) is 10.1 Å². The Bertz CT molecular complexity index is 662. The molecule has 0 saturated heterocycles. The number of nitrogens with zero attached hydrogens (tertiary/aromatic N) is 2. The van der Waals surface area contributed by atoms with Crippen LogP contribution in [0.1, 0.15) is 32.2 Å². The van der Waals surface area contributed by atoms with Crippen LogP contribution in [0.4, 0.5) is 5.69 Å². The molecule has 1 aromatic heterocycles. The number of amides is 1. The molecule has 0 bridgehead atoms. The van der Waals surface area contributed by atoms with Crippen LogP contribution < -0.4 is 11.1 Å². The SMILES string of the molecule is CCc1noc(-c2ccc(C)c(NC(=O)C(C)(C)N)c2)n1.Cl. The molecule has 6 nitrogen and oxygen atoms in total. The van der Waals surface area contributed by atoms with Gasteiger partial charge in [0, 0.05) is 17.7 Å². The minimum absolute atomic E-state index is 0. The van der Waals surface area contributed by atoms with Crippen LogP contribution in [-0.2, 0) is 11.2 Å². The lowest BCUT2D eigenvalue weighted by Crippen LogP contribution is -2.45. The highest BCUT2D eigenvalue weighted by molar-refractivity contribution is 5.98. The summed E-state index contributed by atoms with van der Waals surface area (Å²) in [5, 5.41) is 6.70. The molecule has 0 unspecified atom stereocenters. The van der Waals surface area contributed by atoms with Gasteiger partial charge in [-0.15, -0.1) is 12.4 Å². The summed E-state index contributed by atoms with van der Waals surface area (Å²) in [4.78, 5) is 16.3. The van der Waals surface area contributed by atoms with Crippen molar-refractivity contribution in [3.8, 4) is 11.5 Å². The monoisotopic (exact) mass is 324 g/mol. The van der Waals surface area contributed by atoms with E-state index in [1.807, 2.05) is 32.0 Å². The van der Waals surface area contributed by atoms with Crippen LogP contribution in [0.5, 0.6) is 0 Å². The standard InChI is InChI=1S/C15H20N4O2.ClH/c1-5-12-18-13(21-19-12)10-7-6-9(2)11(8-10)17-14(20)15(3,4)16;/h6-8H,5,16H2,1-4H3,(H,17,20);1H. The Labute approximate surface area is 135 Å². The van der Waals surface area contributed by atoms with Gasteiger partial charge in [-0.3, -0.25) is 4.79 Å². The number of aromatic nitrogens is 2. The maximum absolute atomic E-state index is 12.0. The highest BCUT2D eigenvalue weighted by Crippen LogP contribution is 2.25. The average molecular weight is 325 g/mol. The molecule has 0 aliphatic carbocycles. The molecule has 2 rings (SSSR count). The molecular weight excluding hydrogens is 304 g/mol. The van der Waals surface area contributed by atoms with E-state index in [9.17, 15) is 4.79 Å². The Kier molecular flexibility index (Phi) is 5.68. The van der Waals surface area contributed by atoms with Crippen molar-refractivity contribution in [2.45, 2.75) is 39.7 Å². The highest BCUT2D eigenvalue weighted by Gasteiger charge is 2.22. The van der Waals surface area contributed by atoms with Crippen molar-refractivity contribution in [1.29, 1.82) is 0 Å². The van der Waals surface area contributed by atoms with Crippen LogP contribution >= 0.6 is 12.4 Å². The molecule has 1 heterocycles. The summed E-state index contributed by atoms with van der Waals surface area (Å²) in [7, 11) is 0. The molecule has 0 radical (unpaired) electrons. The van der Waals surface area contributed by atoms with Crippen molar-refractivity contribution in [3.63, 3.8) is 0 Å². The Morgan fingerprint density at radius 2 is 2.09 bits per heavy atom. The number of halogens is 1. The third-order valence-electron chi connectivity index (χ3n) is 3.10. The first-order valence-electron chi connectivity index (χ1n) is 6.85. The molecule has 1 aromatic carbocycles. The zero-order valence-electron chi connectivity index (χ0n) is 13.1. The van der Waals surface area contributed by atoms with Gasteiger partial charge in [0.15, 0.2) is 5.82 Å². The zero-order valence-corrected chi connectivity index (χ0v) is 14.0. The summed E-state index contributed by atoms with van der Waals surface area (Å²) < 4.78 is 5.21. The summed E-state index contributed by atoms with van der Waals surface area (Å²) in [6.45, 7) is 7.19. The van der Waals surface area contributed by atoms with Gasteiger partial charge in [0.05, 0.1) is 5.54 Å². The van der Waals surface area contributed by atoms with E-state index in [1.54, 1.807) is 13.8 Å². The Hall–Kier alpha value is -1.92. The van der Waals surface area contributed by atoms with Crippen molar-refractivity contribution < 1.29 is 9.32 Å². The quantitative estimate of drug-likeness (QED) is 0.901. The van der Waals surface area contributed by atoms with Crippen molar-refractivity contribution in [2.24, 2.45) is 5.73 Å². The lowest BCUT2D eigenvalue weighted by Gasteiger charge is -2.19. The van der Waals surface area contributed by atoms with E-state index in [2.05, 4.69) is 15.5 Å². The normalized spacial score (nSPS) is 11.0. The molecule has 0 spiro atoms. The molecule has 2 aromatic rings. The van der Waals surface area contributed by atoms with Gasteiger partial charge < -0.3 is 15.6 Å². The largest absolute Gasteiger partial charge is 0.334 e. The van der Waals surface area contributed by atoms with Crippen molar-refractivity contribution in [2.75, 3.05) is 5.32 Å². The number of rotatable bonds is 4. The molecule has 7 heteroatoms. The number of hydrogen-bond acceptors (Lipinski definition) is 5. The topological polar surface area (TPSA) is 94.0 Å². The van der Waals surface area contributed by atoms with Gasteiger partial charge in [-0.1, -0.05) is 18.1 Å². The fraction of sp³-hybridized carbons (Fsp3) is 0.400. The van der Waals surface area contributed by atoms with Gasteiger partial charge in [0.1, 0.15) is 0 Å². The molecule has 0 saturated carbocycles. The van der Waals surface area contributed by atoms with Gasteiger partial charge in [0.25, 0.3) is 5.89 Å². The smallest absolute Gasteiger partial charge is 0.257 e. The summed E-state index contributed by atoms with van der Waals surface area (Å²) in [5.74, 6) is 0.844. The third-order valence-corrected chi connectivity index (χ3v) is 3.10. The number of carbonyl (C=O) groups is 1. The van der Waals surface area contributed by atoms with Gasteiger partial charge in [-0.2, -0.15) is 4.98 Å². The average Bonchev–Trinajstić information content (AvgIpc) is 2.89. The molecule has 0 aliphatic heterocycles. The second-order valence-electron chi connectivity index (χ2n) is 5.57. The molecular formula is C15H21ClN4O2. The first-order chi connectivity index (χ1) is 9.81.